The van der Waals surface area contributed by atoms with Crippen molar-refractivity contribution < 1.29 is 9.31 Å². The van der Waals surface area contributed by atoms with Gasteiger partial charge in [-0.2, -0.15) is 12.6 Å². The van der Waals surface area contributed by atoms with Crippen molar-refractivity contribution >= 4 is 37.4 Å². The van der Waals surface area contributed by atoms with Gasteiger partial charge in [0, 0.05) is 23.2 Å². The first-order chi connectivity index (χ1) is 9.66. The normalized spacial score (nSPS) is 20.9. The minimum absolute atomic E-state index is 0.243. The molecule has 0 N–H and O–H groups in total. The average molecular weight is 327 g/mol. The van der Waals surface area contributed by atoms with Crippen LogP contribution in [0.2, 0.25) is 5.28 Å². The minimum Gasteiger partial charge on any atom is -0.400 e. The Morgan fingerprint density at radius 1 is 1.33 bits per heavy atom. The Morgan fingerprint density at radius 3 is 2.38 bits per heavy atom. The Balaban J connectivity index is 2.31. The van der Waals surface area contributed by atoms with Crippen molar-refractivity contribution in [1.29, 1.82) is 0 Å². The van der Waals surface area contributed by atoms with Gasteiger partial charge in [-0.3, -0.25) is 0 Å². The molecule has 4 nitrogen and oxygen atoms in total. The van der Waals surface area contributed by atoms with E-state index in [1.807, 2.05) is 40.7 Å². The molecular formula is C14H20BClN2O2S. The Kier molecular flexibility index (Phi) is 4.73. The lowest BCUT2D eigenvalue weighted by Gasteiger charge is -2.32. The number of hydrogen-bond donors (Lipinski definition) is 1. The molecule has 0 unspecified atom stereocenters. The molecular weight excluding hydrogens is 306 g/mol. The molecule has 21 heavy (non-hydrogen) atoms. The van der Waals surface area contributed by atoms with Gasteiger partial charge < -0.3 is 9.31 Å². The number of aromatic nitrogens is 2. The van der Waals surface area contributed by atoms with E-state index in [0.29, 0.717) is 5.75 Å². The van der Waals surface area contributed by atoms with Crippen LogP contribution in [-0.2, 0) is 9.31 Å². The number of halogens is 1. The maximum absolute atomic E-state index is 6.05. The second kappa shape index (κ2) is 5.91. The van der Waals surface area contributed by atoms with Crippen LogP contribution in [0.15, 0.2) is 11.7 Å². The molecule has 0 aromatic carbocycles. The second-order valence-corrected chi connectivity index (χ2v) is 6.80. The SMILES string of the molecule is Cc1nc(Cl)ncc1C=C(CS)B1OC(C)(C)C(C)(C)O1. The van der Waals surface area contributed by atoms with Crippen molar-refractivity contribution in [2.24, 2.45) is 0 Å². The molecule has 1 aliphatic heterocycles. The minimum atomic E-state index is -0.414. The van der Waals surface area contributed by atoms with Crippen molar-refractivity contribution in [3.63, 3.8) is 0 Å². The van der Waals surface area contributed by atoms with Crippen LogP contribution in [0, 0.1) is 6.92 Å². The van der Waals surface area contributed by atoms with Crippen molar-refractivity contribution in [2.75, 3.05) is 5.75 Å². The van der Waals surface area contributed by atoms with Crippen molar-refractivity contribution in [2.45, 2.75) is 45.8 Å². The molecule has 0 spiro atoms. The van der Waals surface area contributed by atoms with Crippen LogP contribution in [0.25, 0.3) is 6.08 Å². The van der Waals surface area contributed by atoms with Gasteiger partial charge in [0.1, 0.15) is 0 Å². The molecule has 1 aromatic heterocycles. The predicted molar refractivity (Wildman–Crippen MR) is 89.7 cm³/mol. The van der Waals surface area contributed by atoms with Gasteiger partial charge in [-0.25, -0.2) is 9.97 Å². The van der Waals surface area contributed by atoms with Gasteiger partial charge in [-0.15, -0.1) is 0 Å². The summed E-state index contributed by atoms with van der Waals surface area (Å²) in [5.41, 5.74) is 1.89. The van der Waals surface area contributed by atoms with E-state index in [1.165, 1.54) is 0 Å². The zero-order valence-corrected chi connectivity index (χ0v) is 14.6. The molecule has 0 bridgehead atoms. The summed E-state index contributed by atoms with van der Waals surface area (Å²) < 4.78 is 12.1. The molecule has 0 amide bonds. The van der Waals surface area contributed by atoms with Crippen LogP contribution in [0.5, 0.6) is 0 Å². The summed E-state index contributed by atoms with van der Waals surface area (Å²) in [6.45, 7) is 10.00. The molecule has 2 heterocycles. The summed E-state index contributed by atoms with van der Waals surface area (Å²) in [6.07, 6.45) is 3.65. The Bertz CT molecular complexity index is 562. The van der Waals surface area contributed by atoms with Gasteiger partial charge >= 0.3 is 7.12 Å². The van der Waals surface area contributed by atoms with E-state index in [2.05, 4.69) is 22.6 Å². The largest absolute Gasteiger partial charge is 0.491 e. The third kappa shape index (κ3) is 3.45. The number of hydrogen-bond acceptors (Lipinski definition) is 5. The van der Waals surface area contributed by atoms with Crippen molar-refractivity contribution in [1.82, 2.24) is 9.97 Å². The smallest absolute Gasteiger partial charge is 0.400 e. The summed E-state index contributed by atoms with van der Waals surface area (Å²) in [7, 11) is -0.414. The zero-order valence-electron chi connectivity index (χ0n) is 13.0. The van der Waals surface area contributed by atoms with E-state index in [4.69, 9.17) is 20.9 Å². The van der Waals surface area contributed by atoms with Gasteiger partial charge in [0.05, 0.1) is 11.2 Å². The highest BCUT2D eigenvalue weighted by molar-refractivity contribution is 7.80. The lowest BCUT2D eigenvalue weighted by molar-refractivity contribution is 0.00578. The molecule has 0 aliphatic carbocycles. The monoisotopic (exact) mass is 326 g/mol. The zero-order chi connectivity index (χ0) is 15.8. The Labute approximate surface area is 136 Å². The standard InChI is InChI=1S/C14H20BClN2O2S/c1-9-10(7-17-12(16)18-9)6-11(8-21)15-19-13(2,3)14(4,5)20-15/h6-7,21H,8H2,1-5H3. The maximum Gasteiger partial charge on any atom is 0.491 e. The molecule has 0 radical (unpaired) electrons. The lowest BCUT2D eigenvalue weighted by atomic mass is 9.78. The quantitative estimate of drug-likeness (QED) is 0.525. The summed E-state index contributed by atoms with van der Waals surface area (Å²) >= 11 is 10.2. The average Bonchev–Trinajstić information content (AvgIpc) is 2.57. The summed E-state index contributed by atoms with van der Waals surface area (Å²) in [4.78, 5) is 8.16. The first kappa shape index (κ1) is 16.8. The molecule has 7 heteroatoms. The van der Waals surface area contributed by atoms with Crippen LogP contribution in [0.4, 0.5) is 0 Å². The summed E-state index contributed by atoms with van der Waals surface area (Å²) in [5.74, 6) is 0.527. The van der Waals surface area contributed by atoms with Crippen LogP contribution < -0.4 is 0 Å². The van der Waals surface area contributed by atoms with Gasteiger partial charge in [0.2, 0.25) is 5.28 Å². The van der Waals surface area contributed by atoms with Gasteiger partial charge in [-0.05, 0) is 51.7 Å². The second-order valence-electron chi connectivity index (χ2n) is 6.15. The van der Waals surface area contributed by atoms with Crippen molar-refractivity contribution in [3.05, 3.63) is 28.2 Å². The molecule has 1 saturated heterocycles. The van der Waals surface area contributed by atoms with Crippen molar-refractivity contribution in [3.8, 4) is 0 Å². The first-order valence-corrected chi connectivity index (χ1v) is 7.83. The fourth-order valence-corrected chi connectivity index (χ4v) is 2.39. The Hall–Kier alpha value is -0.555. The highest BCUT2D eigenvalue weighted by atomic mass is 35.5. The molecule has 2 rings (SSSR count). The van der Waals surface area contributed by atoms with E-state index in [1.54, 1.807) is 6.20 Å². The fraction of sp³-hybridized carbons (Fsp3) is 0.571. The van der Waals surface area contributed by atoms with E-state index in [0.717, 1.165) is 16.7 Å². The molecule has 1 aliphatic rings. The predicted octanol–water partition coefficient (Wildman–Crippen LogP) is 3.38. The van der Waals surface area contributed by atoms with Crippen LogP contribution >= 0.6 is 24.2 Å². The number of aryl methyl sites for hydroxylation is 1. The van der Waals surface area contributed by atoms with E-state index in [9.17, 15) is 0 Å². The molecule has 1 fully saturated rings. The topological polar surface area (TPSA) is 44.2 Å². The Morgan fingerprint density at radius 2 is 1.90 bits per heavy atom. The van der Waals surface area contributed by atoms with E-state index >= 15 is 0 Å². The van der Waals surface area contributed by atoms with Gasteiger partial charge in [0.25, 0.3) is 0 Å². The molecule has 0 atom stereocenters. The third-order valence-electron chi connectivity index (χ3n) is 4.07. The third-order valence-corrected chi connectivity index (χ3v) is 4.61. The van der Waals surface area contributed by atoms with E-state index < -0.39 is 7.12 Å². The van der Waals surface area contributed by atoms with Crippen LogP contribution in [-0.4, -0.2) is 34.0 Å². The van der Waals surface area contributed by atoms with Gasteiger partial charge in [0.15, 0.2) is 0 Å². The number of nitrogens with zero attached hydrogens (tertiary/aromatic N) is 2. The number of rotatable bonds is 3. The summed E-state index contributed by atoms with van der Waals surface area (Å²) in [5, 5.41) is 0.243. The fourth-order valence-electron chi connectivity index (χ4n) is 1.97. The highest BCUT2D eigenvalue weighted by Crippen LogP contribution is 2.39. The van der Waals surface area contributed by atoms with Crippen LogP contribution in [0.3, 0.4) is 0 Å². The first-order valence-electron chi connectivity index (χ1n) is 6.82. The lowest BCUT2D eigenvalue weighted by Crippen LogP contribution is -2.41. The molecule has 0 saturated carbocycles. The maximum atomic E-state index is 6.05. The van der Waals surface area contributed by atoms with Gasteiger partial charge in [-0.1, -0.05) is 6.08 Å². The number of thiol groups is 1. The summed E-state index contributed by atoms with van der Waals surface area (Å²) in [6, 6.07) is 0. The molecule has 1 aromatic rings. The van der Waals surface area contributed by atoms with E-state index in [-0.39, 0.29) is 16.5 Å². The highest BCUT2D eigenvalue weighted by Gasteiger charge is 2.52. The molecule has 114 valence electrons. The van der Waals surface area contributed by atoms with Crippen LogP contribution in [0.1, 0.15) is 39.0 Å².